The minimum absolute atomic E-state index is 0.0694. The number of rotatable bonds is 9. The molecule has 0 aliphatic heterocycles. The zero-order valence-electron chi connectivity index (χ0n) is 16.7. The van der Waals surface area contributed by atoms with Crippen LogP contribution in [0.1, 0.15) is 11.1 Å². The summed E-state index contributed by atoms with van der Waals surface area (Å²) in [4.78, 5) is 12.7. The van der Waals surface area contributed by atoms with Crippen LogP contribution in [0.2, 0.25) is 0 Å². The Bertz CT molecular complexity index is 1050. The Morgan fingerprint density at radius 3 is 2.07 bits per heavy atom. The number of nitrogens with one attached hydrogen (secondary N) is 1. The molecule has 0 atom stereocenters. The second kappa shape index (κ2) is 10.0. The predicted octanol–water partition coefficient (Wildman–Crippen LogP) is 3.20. The highest BCUT2D eigenvalue weighted by atomic mass is 32.2. The maximum absolute atomic E-state index is 13.2. The van der Waals surface area contributed by atoms with E-state index in [9.17, 15) is 13.2 Å². The quantitative estimate of drug-likeness (QED) is 0.572. The normalized spacial score (nSPS) is 11.3. The zero-order chi connectivity index (χ0) is 21.4. The first kappa shape index (κ1) is 21.5. The second-order valence-corrected chi connectivity index (χ2v) is 8.63. The van der Waals surface area contributed by atoms with Gasteiger partial charge < -0.3 is 10.1 Å². The van der Waals surface area contributed by atoms with E-state index >= 15 is 0 Å². The molecule has 0 saturated carbocycles. The summed E-state index contributed by atoms with van der Waals surface area (Å²) in [5, 5.41) is 2.79. The van der Waals surface area contributed by atoms with Gasteiger partial charge in [0.15, 0.2) is 0 Å². The van der Waals surface area contributed by atoms with Gasteiger partial charge in [0, 0.05) is 13.1 Å². The molecule has 3 aromatic carbocycles. The van der Waals surface area contributed by atoms with Crippen LogP contribution < -0.4 is 10.1 Å². The molecule has 6 nitrogen and oxygen atoms in total. The number of hydrogen-bond donors (Lipinski definition) is 1. The predicted molar refractivity (Wildman–Crippen MR) is 115 cm³/mol. The number of ether oxygens (including phenoxy) is 1. The molecular weight excluding hydrogens is 400 g/mol. The minimum atomic E-state index is -3.85. The van der Waals surface area contributed by atoms with Crippen LogP contribution in [0.5, 0.6) is 5.75 Å². The number of carbonyl (C=O) groups excluding carboxylic acids is 1. The Morgan fingerprint density at radius 1 is 0.867 bits per heavy atom. The van der Waals surface area contributed by atoms with Crippen molar-refractivity contribution in [3.8, 4) is 5.75 Å². The number of carbonyl (C=O) groups is 1. The van der Waals surface area contributed by atoms with Gasteiger partial charge in [-0.1, -0.05) is 60.7 Å². The van der Waals surface area contributed by atoms with Crippen LogP contribution in [0.4, 0.5) is 0 Å². The van der Waals surface area contributed by atoms with Gasteiger partial charge in [0.05, 0.1) is 18.6 Å². The van der Waals surface area contributed by atoms with E-state index in [4.69, 9.17) is 4.74 Å². The van der Waals surface area contributed by atoms with Crippen molar-refractivity contribution in [1.29, 1.82) is 0 Å². The summed E-state index contributed by atoms with van der Waals surface area (Å²) >= 11 is 0. The van der Waals surface area contributed by atoms with Gasteiger partial charge in [-0.15, -0.1) is 0 Å². The molecule has 30 heavy (non-hydrogen) atoms. The summed E-state index contributed by atoms with van der Waals surface area (Å²) in [6, 6.07) is 24.7. The molecule has 1 N–H and O–H groups in total. The van der Waals surface area contributed by atoms with Gasteiger partial charge in [0.25, 0.3) is 0 Å². The molecule has 3 rings (SSSR count). The fourth-order valence-electron chi connectivity index (χ4n) is 2.91. The zero-order valence-corrected chi connectivity index (χ0v) is 17.5. The van der Waals surface area contributed by atoms with Crippen molar-refractivity contribution >= 4 is 15.9 Å². The minimum Gasteiger partial charge on any atom is -0.497 e. The van der Waals surface area contributed by atoms with Gasteiger partial charge in [-0.3, -0.25) is 4.79 Å². The van der Waals surface area contributed by atoms with Gasteiger partial charge in [0.1, 0.15) is 5.75 Å². The van der Waals surface area contributed by atoms with Crippen molar-refractivity contribution in [2.45, 2.75) is 18.0 Å². The Balaban J connectivity index is 1.78. The van der Waals surface area contributed by atoms with E-state index in [2.05, 4.69) is 5.32 Å². The van der Waals surface area contributed by atoms with E-state index in [1.165, 1.54) is 16.4 Å². The van der Waals surface area contributed by atoms with Gasteiger partial charge in [-0.25, -0.2) is 8.42 Å². The molecule has 3 aromatic rings. The van der Waals surface area contributed by atoms with Gasteiger partial charge in [-0.2, -0.15) is 4.31 Å². The summed E-state index contributed by atoms with van der Waals surface area (Å²) in [5.41, 5.74) is 1.70. The van der Waals surface area contributed by atoms with Crippen LogP contribution in [0.25, 0.3) is 0 Å². The van der Waals surface area contributed by atoms with Crippen LogP contribution in [-0.4, -0.2) is 32.3 Å². The molecule has 0 aliphatic carbocycles. The highest BCUT2D eigenvalue weighted by molar-refractivity contribution is 7.89. The third kappa shape index (κ3) is 5.68. The number of sulfonamides is 1. The van der Waals surface area contributed by atoms with Crippen molar-refractivity contribution in [1.82, 2.24) is 9.62 Å². The van der Waals surface area contributed by atoms with Crippen LogP contribution in [-0.2, 0) is 27.9 Å². The molecule has 0 spiro atoms. The van der Waals surface area contributed by atoms with E-state index in [-0.39, 0.29) is 23.9 Å². The molecule has 0 radical (unpaired) electrons. The Labute approximate surface area is 177 Å². The van der Waals surface area contributed by atoms with Crippen molar-refractivity contribution < 1.29 is 17.9 Å². The number of nitrogens with zero attached hydrogens (tertiary/aromatic N) is 1. The monoisotopic (exact) mass is 424 g/mol. The van der Waals surface area contributed by atoms with Gasteiger partial charge in [0.2, 0.25) is 15.9 Å². The van der Waals surface area contributed by atoms with Crippen molar-refractivity contribution in [3.63, 3.8) is 0 Å². The molecular formula is C23H24N2O4S. The molecule has 1 amide bonds. The van der Waals surface area contributed by atoms with Crippen molar-refractivity contribution in [2.75, 3.05) is 13.7 Å². The van der Waals surface area contributed by atoms with Gasteiger partial charge in [-0.05, 0) is 35.4 Å². The largest absolute Gasteiger partial charge is 0.497 e. The second-order valence-electron chi connectivity index (χ2n) is 6.70. The van der Waals surface area contributed by atoms with Crippen molar-refractivity contribution in [2.24, 2.45) is 0 Å². The third-order valence-electron chi connectivity index (χ3n) is 4.55. The SMILES string of the molecule is COc1ccc(CN(CC(=O)NCc2ccccc2)S(=O)(=O)c2ccccc2)cc1. The molecule has 0 aromatic heterocycles. The van der Waals surface area contributed by atoms with E-state index < -0.39 is 10.0 Å². The number of amides is 1. The fraction of sp³-hybridized carbons (Fsp3) is 0.174. The first-order valence-corrected chi connectivity index (χ1v) is 10.9. The van der Waals surface area contributed by atoms with Crippen molar-refractivity contribution in [3.05, 3.63) is 96.1 Å². The summed E-state index contributed by atoms with van der Waals surface area (Å²) in [7, 11) is -2.28. The van der Waals surface area contributed by atoms with Crippen LogP contribution in [0.3, 0.4) is 0 Å². The lowest BCUT2D eigenvalue weighted by Crippen LogP contribution is -2.40. The maximum atomic E-state index is 13.2. The van der Waals surface area contributed by atoms with E-state index in [1.54, 1.807) is 49.6 Å². The molecule has 156 valence electrons. The molecule has 7 heteroatoms. The number of hydrogen-bond acceptors (Lipinski definition) is 4. The number of benzene rings is 3. The first-order valence-electron chi connectivity index (χ1n) is 9.48. The summed E-state index contributed by atoms with van der Waals surface area (Å²) in [6.45, 7) is 0.123. The Morgan fingerprint density at radius 2 is 1.47 bits per heavy atom. The van der Waals surface area contributed by atoms with Crippen LogP contribution in [0.15, 0.2) is 89.8 Å². The first-order chi connectivity index (χ1) is 14.5. The molecule has 0 heterocycles. The van der Waals surface area contributed by atoms with Crippen LogP contribution in [0, 0.1) is 0 Å². The molecule has 0 saturated heterocycles. The van der Waals surface area contributed by atoms with E-state index in [0.717, 1.165) is 11.1 Å². The summed E-state index contributed by atoms with van der Waals surface area (Å²) in [5.74, 6) is 0.309. The smallest absolute Gasteiger partial charge is 0.243 e. The Hall–Kier alpha value is -3.16. The molecule has 0 fully saturated rings. The topological polar surface area (TPSA) is 75.7 Å². The lowest BCUT2D eigenvalue weighted by Gasteiger charge is -2.22. The number of methoxy groups -OCH3 is 1. The third-order valence-corrected chi connectivity index (χ3v) is 6.36. The highest BCUT2D eigenvalue weighted by Crippen LogP contribution is 2.19. The average Bonchev–Trinajstić information content (AvgIpc) is 2.79. The lowest BCUT2D eigenvalue weighted by molar-refractivity contribution is -0.121. The fourth-order valence-corrected chi connectivity index (χ4v) is 4.32. The lowest BCUT2D eigenvalue weighted by atomic mass is 10.2. The summed E-state index contributed by atoms with van der Waals surface area (Å²) < 4.78 is 32.7. The van der Waals surface area contributed by atoms with Crippen LogP contribution >= 0.6 is 0 Å². The summed E-state index contributed by atoms with van der Waals surface area (Å²) in [6.07, 6.45) is 0. The molecule has 0 unspecified atom stereocenters. The highest BCUT2D eigenvalue weighted by Gasteiger charge is 2.26. The maximum Gasteiger partial charge on any atom is 0.243 e. The standard InChI is InChI=1S/C23H24N2O4S/c1-29-21-14-12-20(13-15-21)17-25(30(27,28)22-10-6-3-7-11-22)18-23(26)24-16-19-8-4-2-5-9-19/h2-15H,16-18H2,1H3,(H,24,26). The van der Waals surface area contributed by atoms with Gasteiger partial charge >= 0.3 is 0 Å². The van der Waals surface area contributed by atoms with E-state index in [1.807, 2.05) is 30.3 Å². The molecule has 0 aliphatic rings. The van der Waals surface area contributed by atoms with E-state index in [0.29, 0.717) is 12.3 Å². The average molecular weight is 425 g/mol. The Kier molecular flexibility index (Phi) is 7.21. The molecule has 0 bridgehead atoms.